The van der Waals surface area contributed by atoms with E-state index >= 15 is 0 Å². The van der Waals surface area contributed by atoms with Crippen molar-refractivity contribution in [3.8, 4) is 11.3 Å². The molecule has 0 fully saturated rings. The Morgan fingerprint density at radius 1 is 0.860 bits per heavy atom. The fourth-order valence-corrected chi connectivity index (χ4v) is 8.38. The lowest BCUT2D eigenvalue weighted by Gasteiger charge is -2.50. The van der Waals surface area contributed by atoms with Crippen LogP contribution >= 0.6 is 0 Å². The molecule has 2 nitrogen and oxygen atoms in total. The highest BCUT2D eigenvalue weighted by Crippen LogP contribution is 2.58. The third-order valence-corrected chi connectivity index (χ3v) is 10.8. The molecule has 220 valence electrons. The lowest BCUT2D eigenvalue weighted by atomic mass is 9.55. The van der Waals surface area contributed by atoms with Crippen LogP contribution in [0.15, 0.2) is 109 Å². The van der Waals surface area contributed by atoms with Crippen molar-refractivity contribution in [3.05, 3.63) is 126 Å². The van der Waals surface area contributed by atoms with Gasteiger partial charge in [0, 0.05) is 54.0 Å². The summed E-state index contributed by atoms with van der Waals surface area (Å²) >= 11 is 0. The molecule has 0 saturated carbocycles. The molecule has 0 amide bonds. The Bertz CT molecular complexity index is 1790. The van der Waals surface area contributed by atoms with Gasteiger partial charge < -0.3 is 0 Å². The van der Waals surface area contributed by atoms with Gasteiger partial charge in [0.2, 0.25) is 11.4 Å². The molecule has 43 heavy (non-hydrogen) atoms. The van der Waals surface area contributed by atoms with Crippen LogP contribution in [0.2, 0.25) is 0 Å². The molecule has 2 atom stereocenters. The standard InChI is InChI=1S/C40H45FN2/c1-7-39(6)33(20-14-24-41)32-28-38(4,5)34-19-13-17-30-22-27-43(37(32)36(30)34)40(39,8-2)23-15-26-42-25-12-11-21-35(42)31-18-10-9-16-29(31)3/h9-14,16-22,24-25,27-28H,7-8,15,23,26H2,1-6H3/q+2. The number of hydrogen-bond donors (Lipinski definition) is 0. The number of aryl methyl sites for hydroxylation is 2. The predicted octanol–water partition coefficient (Wildman–Crippen LogP) is 9.49. The van der Waals surface area contributed by atoms with Crippen molar-refractivity contribution in [2.75, 3.05) is 0 Å². The second-order valence-corrected chi connectivity index (χ2v) is 13.3. The summed E-state index contributed by atoms with van der Waals surface area (Å²) in [4.78, 5) is 0. The molecule has 3 heterocycles. The molecular formula is C40H45FN2+2. The average molecular weight is 573 g/mol. The largest absolute Gasteiger partial charge is 0.221 e. The molecule has 2 aliphatic rings. The third-order valence-electron chi connectivity index (χ3n) is 10.8. The van der Waals surface area contributed by atoms with Crippen molar-refractivity contribution in [1.82, 2.24) is 0 Å². The minimum absolute atomic E-state index is 0.129. The molecule has 1 aliphatic heterocycles. The molecule has 3 heteroatoms. The Labute approximate surface area is 256 Å². The van der Waals surface area contributed by atoms with E-state index in [0.29, 0.717) is 6.33 Å². The zero-order chi connectivity index (χ0) is 30.4. The third kappa shape index (κ3) is 4.42. The van der Waals surface area contributed by atoms with E-state index in [1.54, 1.807) is 6.08 Å². The van der Waals surface area contributed by atoms with Gasteiger partial charge >= 0.3 is 0 Å². The first-order valence-corrected chi connectivity index (χ1v) is 16.0. The monoisotopic (exact) mass is 572 g/mol. The molecule has 2 aromatic heterocycles. The summed E-state index contributed by atoms with van der Waals surface area (Å²) in [7, 11) is 0. The van der Waals surface area contributed by atoms with Crippen LogP contribution in [0, 0.1) is 12.3 Å². The maximum absolute atomic E-state index is 13.7. The maximum Gasteiger partial charge on any atom is 0.221 e. The van der Waals surface area contributed by atoms with E-state index in [1.165, 1.54) is 50.0 Å². The van der Waals surface area contributed by atoms with Gasteiger partial charge in [-0.2, -0.15) is 9.13 Å². The van der Waals surface area contributed by atoms with Crippen LogP contribution < -0.4 is 9.13 Å². The van der Waals surface area contributed by atoms with Crippen LogP contribution in [0.5, 0.6) is 0 Å². The maximum atomic E-state index is 13.7. The smallest absolute Gasteiger partial charge is 0.216 e. The van der Waals surface area contributed by atoms with Crippen molar-refractivity contribution < 1.29 is 13.5 Å². The Kier molecular flexibility index (Phi) is 7.49. The van der Waals surface area contributed by atoms with Crippen LogP contribution in [0.1, 0.15) is 77.1 Å². The van der Waals surface area contributed by atoms with E-state index in [4.69, 9.17) is 0 Å². The normalized spacial score (nSPS) is 23.2. The molecule has 2 unspecified atom stereocenters. The highest BCUT2D eigenvalue weighted by atomic mass is 19.1. The lowest BCUT2D eigenvalue weighted by molar-refractivity contribution is -0.785. The molecule has 0 spiro atoms. The Morgan fingerprint density at radius 2 is 1.65 bits per heavy atom. The van der Waals surface area contributed by atoms with E-state index in [1.807, 2.05) is 0 Å². The number of aromatic nitrogens is 2. The van der Waals surface area contributed by atoms with Crippen LogP contribution in [0.25, 0.3) is 27.6 Å². The quantitative estimate of drug-likeness (QED) is 0.186. The van der Waals surface area contributed by atoms with Gasteiger partial charge in [0.05, 0.1) is 17.1 Å². The molecule has 1 aliphatic carbocycles. The van der Waals surface area contributed by atoms with Gasteiger partial charge in [-0.05, 0) is 60.6 Å². The van der Waals surface area contributed by atoms with Gasteiger partial charge in [-0.1, -0.05) is 76.2 Å². The van der Waals surface area contributed by atoms with Crippen LogP contribution in [0.4, 0.5) is 4.39 Å². The summed E-state index contributed by atoms with van der Waals surface area (Å²) in [6.45, 7) is 14.8. The minimum Gasteiger partial charge on any atom is -0.216 e. The number of pyridine rings is 2. The van der Waals surface area contributed by atoms with Crippen molar-refractivity contribution in [2.45, 2.75) is 84.7 Å². The Hall–Kier alpha value is -3.85. The van der Waals surface area contributed by atoms with E-state index < -0.39 is 0 Å². The summed E-state index contributed by atoms with van der Waals surface area (Å²) in [6.07, 6.45) is 15.4. The average Bonchev–Trinajstić information content (AvgIpc) is 3.01. The topological polar surface area (TPSA) is 7.76 Å². The number of rotatable bonds is 8. The van der Waals surface area contributed by atoms with E-state index in [9.17, 15) is 4.39 Å². The van der Waals surface area contributed by atoms with Crippen molar-refractivity contribution in [2.24, 2.45) is 5.41 Å². The number of halogens is 1. The van der Waals surface area contributed by atoms with E-state index in [2.05, 4.69) is 142 Å². The van der Waals surface area contributed by atoms with Crippen LogP contribution in [0.3, 0.4) is 0 Å². The summed E-state index contributed by atoms with van der Waals surface area (Å²) in [5, 5.41) is 2.62. The fraction of sp³-hybridized carbons (Fsp3) is 0.350. The predicted molar refractivity (Wildman–Crippen MR) is 176 cm³/mol. The SMILES string of the molecule is CCC1(C)C(=CC=CF)C2=CC(C)(C)c3cccc4cc[n+](c2c34)C1(CC)CCC[n+]1ccccc1-c1ccccc1C. The molecule has 2 aromatic carbocycles. The number of hydrogen-bond acceptors (Lipinski definition) is 0. The first-order chi connectivity index (χ1) is 20.7. The number of nitrogens with zero attached hydrogens (tertiary/aromatic N) is 2. The van der Waals surface area contributed by atoms with Gasteiger partial charge in [-0.15, -0.1) is 0 Å². The number of benzene rings is 2. The fourth-order valence-electron chi connectivity index (χ4n) is 8.38. The van der Waals surface area contributed by atoms with Crippen LogP contribution in [-0.4, -0.2) is 0 Å². The van der Waals surface area contributed by atoms with Gasteiger partial charge in [-0.3, -0.25) is 0 Å². The van der Waals surface area contributed by atoms with Gasteiger partial charge in [0.1, 0.15) is 6.54 Å². The minimum atomic E-state index is -0.193. The molecule has 0 N–H and O–H groups in total. The zero-order valence-electron chi connectivity index (χ0n) is 26.6. The van der Waals surface area contributed by atoms with Gasteiger partial charge in [-0.25, -0.2) is 4.39 Å². The lowest BCUT2D eigenvalue weighted by Crippen LogP contribution is -2.69. The first kappa shape index (κ1) is 29.2. The van der Waals surface area contributed by atoms with Crippen molar-refractivity contribution in [3.63, 3.8) is 0 Å². The molecular weight excluding hydrogens is 527 g/mol. The Morgan fingerprint density at radius 3 is 2.40 bits per heavy atom. The second kappa shape index (κ2) is 11.0. The number of allylic oxidation sites excluding steroid dienone is 5. The van der Waals surface area contributed by atoms with Gasteiger partial charge in [0.15, 0.2) is 17.9 Å². The second-order valence-electron chi connectivity index (χ2n) is 13.3. The first-order valence-electron chi connectivity index (χ1n) is 16.0. The molecule has 0 saturated heterocycles. The molecule has 4 aromatic rings. The van der Waals surface area contributed by atoms with E-state index in [0.717, 1.165) is 32.2 Å². The summed E-state index contributed by atoms with van der Waals surface area (Å²) in [5.74, 6) is 0. The highest BCUT2D eigenvalue weighted by molar-refractivity contribution is 6.01. The molecule has 6 rings (SSSR count). The highest BCUT2D eigenvalue weighted by Gasteiger charge is 2.61. The molecule has 0 radical (unpaired) electrons. The summed E-state index contributed by atoms with van der Waals surface area (Å²) in [5.41, 5.74) is 8.52. The summed E-state index contributed by atoms with van der Waals surface area (Å²) < 4.78 is 18.7. The van der Waals surface area contributed by atoms with Crippen molar-refractivity contribution >= 4 is 16.3 Å². The molecule has 0 bridgehead atoms. The van der Waals surface area contributed by atoms with E-state index in [-0.39, 0.29) is 16.4 Å². The van der Waals surface area contributed by atoms with Crippen molar-refractivity contribution in [1.29, 1.82) is 0 Å². The zero-order valence-corrected chi connectivity index (χ0v) is 26.6. The Balaban J connectivity index is 1.52. The van der Waals surface area contributed by atoms with Crippen LogP contribution in [-0.2, 0) is 17.5 Å². The van der Waals surface area contributed by atoms with Gasteiger partial charge in [0.25, 0.3) is 0 Å². The summed E-state index contributed by atoms with van der Waals surface area (Å²) in [6, 6.07) is 24.2.